The zero-order valence-corrected chi connectivity index (χ0v) is 15.4. The van der Waals surface area contributed by atoms with Crippen molar-refractivity contribution in [1.29, 1.82) is 0 Å². The van der Waals surface area contributed by atoms with Crippen molar-refractivity contribution < 1.29 is 9.53 Å². The first-order valence-corrected chi connectivity index (χ1v) is 9.46. The lowest BCUT2D eigenvalue weighted by Crippen LogP contribution is -2.40. The van der Waals surface area contributed by atoms with E-state index in [2.05, 4.69) is 22.5 Å². The van der Waals surface area contributed by atoms with Gasteiger partial charge in [0.2, 0.25) is 0 Å². The summed E-state index contributed by atoms with van der Waals surface area (Å²) in [4.78, 5) is 19.6. The second-order valence-electron chi connectivity index (χ2n) is 5.88. The molecule has 2 rings (SSSR count). The molecule has 0 spiro atoms. The van der Waals surface area contributed by atoms with E-state index in [-0.39, 0.29) is 5.91 Å². The summed E-state index contributed by atoms with van der Waals surface area (Å²) >= 11 is 1.46. The molecule has 0 radical (unpaired) electrons. The number of ether oxygens (including phenoxy) is 1. The van der Waals surface area contributed by atoms with E-state index in [9.17, 15) is 4.79 Å². The highest BCUT2D eigenvalue weighted by Gasteiger charge is 2.24. The highest BCUT2D eigenvalue weighted by molar-refractivity contribution is 7.12. The molecule has 1 aromatic heterocycles. The van der Waals surface area contributed by atoms with Gasteiger partial charge in [-0.25, -0.2) is 0 Å². The number of thiophene rings is 1. The minimum absolute atomic E-state index is 0.00263. The van der Waals surface area contributed by atoms with Gasteiger partial charge in [-0.2, -0.15) is 0 Å². The number of methoxy groups -OCH3 is 1. The third-order valence-corrected chi connectivity index (χ3v) is 4.82. The van der Waals surface area contributed by atoms with Gasteiger partial charge in [-0.3, -0.25) is 9.79 Å². The van der Waals surface area contributed by atoms with Crippen LogP contribution in [0.4, 0.5) is 0 Å². The van der Waals surface area contributed by atoms with Crippen LogP contribution >= 0.6 is 11.3 Å². The number of nitrogens with one attached hydrogen (secondary N) is 2. The fourth-order valence-electron chi connectivity index (χ4n) is 2.78. The Labute approximate surface area is 148 Å². The van der Waals surface area contributed by atoms with Gasteiger partial charge in [0.25, 0.3) is 5.91 Å². The van der Waals surface area contributed by atoms with Gasteiger partial charge in [0.1, 0.15) is 0 Å². The van der Waals surface area contributed by atoms with Crippen molar-refractivity contribution in [2.24, 2.45) is 10.9 Å². The molecule has 0 bridgehead atoms. The van der Waals surface area contributed by atoms with E-state index in [0.717, 1.165) is 49.9 Å². The number of carbonyl (C=O) groups is 1. The van der Waals surface area contributed by atoms with Gasteiger partial charge in [0, 0.05) is 45.8 Å². The summed E-state index contributed by atoms with van der Waals surface area (Å²) in [5.74, 6) is 1.56. The van der Waals surface area contributed by atoms with E-state index in [4.69, 9.17) is 9.73 Å². The van der Waals surface area contributed by atoms with Gasteiger partial charge >= 0.3 is 0 Å². The van der Waals surface area contributed by atoms with Crippen molar-refractivity contribution >= 4 is 23.2 Å². The number of amides is 1. The summed E-state index contributed by atoms with van der Waals surface area (Å²) in [6.07, 6.45) is 1.98. The van der Waals surface area contributed by atoms with Crippen LogP contribution in [0, 0.1) is 5.92 Å². The van der Waals surface area contributed by atoms with Gasteiger partial charge in [0.15, 0.2) is 5.96 Å². The Morgan fingerprint density at radius 3 is 3.08 bits per heavy atom. The molecular weight excluding hydrogens is 324 g/mol. The molecule has 134 valence electrons. The average molecular weight is 353 g/mol. The average Bonchev–Trinajstić information content (AvgIpc) is 3.25. The first-order valence-electron chi connectivity index (χ1n) is 8.58. The molecule has 0 aromatic carbocycles. The highest BCUT2D eigenvalue weighted by Crippen LogP contribution is 2.16. The third kappa shape index (κ3) is 5.79. The molecule has 24 heavy (non-hydrogen) atoms. The van der Waals surface area contributed by atoms with Crippen LogP contribution in [0.2, 0.25) is 0 Å². The lowest BCUT2D eigenvalue weighted by molar-refractivity contribution is 0.0957. The normalized spacial score (nSPS) is 18.0. The van der Waals surface area contributed by atoms with Gasteiger partial charge < -0.3 is 20.3 Å². The van der Waals surface area contributed by atoms with E-state index in [1.165, 1.54) is 11.3 Å². The first-order chi connectivity index (χ1) is 11.7. The smallest absolute Gasteiger partial charge is 0.261 e. The Morgan fingerprint density at radius 2 is 2.38 bits per heavy atom. The maximum Gasteiger partial charge on any atom is 0.261 e. The molecule has 7 heteroatoms. The maximum atomic E-state index is 11.8. The molecule has 2 N–H and O–H groups in total. The van der Waals surface area contributed by atoms with Crippen molar-refractivity contribution in [2.75, 3.05) is 46.4 Å². The number of aliphatic imine (C=N–C) groups is 1. The molecule has 1 saturated heterocycles. The van der Waals surface area contributed by atoms with E-state index < -0.39 is 0 Å². The second kappa shape index (κ2) is 10.3. The van der Waals surface area contributed by atoms with E-state index >= 15 is 0 Å². The van der Waals surface area contributed by atoms with E-state index in [0.29, 0.717) is 19.0 Å². The van der Waals surface area contributed by atoms with E-state index in [1.54, 1.807) is 7.11 Å². The minimum atomic E-state index is 0.00263. The zero-order chi connectivity index (χ0) is 17.2. The minimum Gasteiger partial charge on any atom is -0.384 e. The fraction of sp³-hybridized carbons (Fsp3) is 0.647. The van der Waals surface area contributed by atoms with Crippen LogP contribution < -0.4 is 10.6 Å². The number of guanidine groups is 1. The maximum absolute atomic E-state index is 11.8. The molecular formula is C17H28N4O2S. The summed E-state index contributed by atoms with van der Waals surface area (Å²) in [5, 5.41) is 8.21. The van der Waals surface area contributed by atoms with Crippen LogP contribution in [0.3, 0.4) is 0 Å². The van der Waals surface area contributed by atoms with Crippen LogP contribution in [0.25, 0.3) is 0 Å². The molecule has 1 fully saturated rings. The number of hydrogen-bond acceptors (Lipinski definition) is 4. The van der Waals surface area contributed by atoms with Crippen LogP contribution in [0.1, 0.15) is 29.4 Å². The third-order valence-electron chi connectivity index (χ3n) is 3.95. The number of carbonyl (C=O) groups excluding carboxylic acids is 1. The Balaban J connectivity index is 1.72. The van der Waals surface area contributed by atoms with Gasteiger partial charge in [-0.15, -0.1) is 11.3 Å². The van der Waals surface area contributed by atoms with Crippen molar-refractivity contribution in [3.63, 3.8) is 0 Å². The Morgan fingerprint density at radius 1 is 1.50 bits per heavy atom. The molecule has 1 aliphatic rings. The largest absolute Gasteiger partial charge is 0.384 e. The number of hydrogen-bond donors (Lipinski definition) is 2. The predicted molar refractivity (Wildman–Crippen MR) is 98.8 cm³/mol. The quantitative estimate of drug-likeness (QED) is 0.425. The summed E-state index contributed by atoms with van der Waals surface area (Å²) in [5.41, 5.74) is 0. The van der Waals surface area contributed by atoms with Gasteiger partial charge in [0.05, 0.1) is 11.5 Å². The summed E-state index contributed by atoms with van der Waals surface area (Å²) in [7, 11) is 1.76. The molecule has 2 heterocycles. The summed E-state index contributed by atoms with van der Waals surface area (Å²) in [6, 6.07) is 3.73. The van der Waals surface area contributed by atoms with Crippen molar-refractivity contribution in [2.45, 2.75) is 19.8 Å². The number of nitrogens with zero attached hydrogens (tertiary/aromatic N) is 2. The van der Waals surface area contributed by atoms with Crippen molar-refractivity contribution in [3.8, 4) is 0 Å². The predicted octanol–water partition coefficient (Wildman–Crippen LogP) is 1.80. The molecule has 6 nitrogen and oxygen atoms in total. The molecule has 1 atom stereocenters. The molecule has 1 aromatic rings. The van der Waals surface area contributed by atoms with Crippen LogP contribution in [-0.2, 0) is 4.74 Å². The Bertz CT molecular complexity index is 519. The molecule has 1 unspecified atom stereocenters. The lowest BCUT2D eigenvalue weighted by Gasteiger charge is -2.21. The van der Waals surface area contributed by atoms with Crippen LogP contribution in [0.5, 0.6) is 0 Å². The monoisotopic (exact) mass is 352 g/mol. The fourth-order valence-corrected chi connectivity index (χ4v) is 3.42. The zero-order valence-electron chi connectivity index (χ0n) is 14.6. The summed E-state index contributed by atoms with van der Waals surface area (Å²) in [6.45, 7) is 7.12. The summed E-state index contributed by atoms with van der Waals surface area (Å²) < 4.78 is 5.25. The number of likely N-dealkylation sites (tertiary alicyclic amines) is 1. The topological polar surface area (TPSA) is 66.0 Å². The van der Waals surface area contributed by atoms with Gasteiger partial charge in [-0.1, -0.05) is 6.07 Å². The standard InChI is InChI=1S/C17H28N4O2S/c1-3-18-17(21-10-7-14(12-21)13-23-2)20-9-5-8-19-16(22)15-6-4-11-24-15/h4,6,11,14H,3,5,7-10,12-13H2,1-2H3,(H,18,20)(H,19,22). The Kier molecular flexibility index (Phi) is 8.04. The van der Waals surface area contributed by atoms with Crippen molar-refractivity contribution in [3.05, 3.63) is 22.4 Å². The van der Waals surface area contributed by atoms with Crippen LogP contribution in [0.15, 0.2) is 22.5 Å². The van der Waals surface area contributed by atoms with Crippen LogP contribution in [-0.4, -0.2) is 63.2 Å². The SMILES string of the molecule is CCNC(=NCCCNC(=O)c1cccs1)N1CCC(COC)C1. The second-order valence-corrected chi connectivity index (χ2v) is 6.83. The van der Waals surface area contributed by atoms with Crippen molar-refractivity contribution in [1.82, 2.24) is 15.5 Å². The molecule has 0 saturated carbocycles. The number of rotatable bonds is 8. The first kappa shape index (κ1) is 18.7. The van der Waals surface area contributed by atoms with Gasteiger partial charge in [-0.05, 0) is 31.2 Å². The lowest BCUT2D eigenvalue weighted by atomic mass is 10.1. The molecule has 1 aliphatic heterocycles. The van der Waals surface area contributed by atoms with E-state index in [1.807, 2.05) is 17.5 Å². The Hall–Kier alpha value is -1.60. The highest BCUT2D eigenvalue weighted by atomic mass is 32.1. The molecule has 1 amide bonds. The molecule has 0 aliphatic carbocycles.